The van der Waals surface area contributed by atoms with Gasteiger partial charge in [0, 0.05) is 11.6 Å². The highest BCUT2D eigenvalue weighted by atomic mass is 35.5. The molecule has 0 aromatic heterocycles. The maximum atomic E-state index is 10.1. The van der Waals surface area contributed by atoms with E-state index >= 15 is 0 Å². The molecule has 0 aliphatic carbocycles. The van der Waals surface area contributed by atoms with Crippen molar-refractivity contribution in [2.45, 2.75) is 18.9 Å². The largest absolute Gasteiger partial charge is 0.506 e. The number of fused-ring (bicyclic) bond motifs is 1. The molecule has 17 heavy (non-hydrogen) atoms. The molecule has 3 rings (SSSR count). The van der Waals surface area contributed by atoms with E-state index in [0.717, 1.165) is 24.9 Å². The highest BCUT2D eigenvalue weighted by Crippen LogP contribution is 2.47. The van der Waals surface area contributed by atoms with Crippen molar-refractivity contribution in [2.75, 3.05) is 19.8 Å². The van der Waals surface area contributed by atoms with Gasteiger partial charge in [-0.05, 0) is 25.5 Å². The molecule has 2 N–H and O–H groups in total. The third kappa shape index (κ3) is 1.81. The fourth-order valence-corrected chi connectivity index (χ4v) is 2.63. The molecule has 1 unspecified atom stereocenters. The van der Waals surface area contributed by atoms with Gasteiger partial charge in [0.15, 0.2) is 11.5 Å². The predicted octanol–water partition coefficient (Wildman–Crippen LogP) is 2.24. The van der Waals surface area contributed by atoms with Crippen LogP contribution < -0.4 is 14.8 Å². The summed E-state index contributed by atoms with van der Waals surface area (Å²) in [4.78, 5) is 0. The fraction of sp³-hybridized carbons (Fsp3) is 0.500. The number of rotatable bonds is 1. The Bertz CT molecular complexity index is 444. The summed E-state index contributed by atoms with van der Waals surface area (Å²) >= 11 is 6.11. The first kappa shape index (κ1) is 11.0. The molecule has 92 valence electrons. The van der Waals surface area contributed by atoms with Crippen LogP contribution in [0.15, 0.2) is 6.07 Å². The normalized spacial score (nSPS) is 22.8. The van der Waals surface area contributed by atoms with Crippen molar-refractivity contribution in [2.24, 2.45) is 0 Å². The van der Waals surface area contributed by atoms with E-state index in [1.807, 2.05) is 6.07 Å². The van der Waals surface area contributed by atoms with Crippen molar-refractivity contribution >= 4 is 11.6 Å². The standard InChI is InChI=1S/C12H14ClNO3/c13-10-11(15)7(8-2-1-3-14-8)6-9-12(10)17-5-4-16-9/h6,8,14-15H,1-5H2. The van der Waals surface area contributed by atoms with Crippen molar-refractivity contribution in [3.05, 3.63) is 16.7 Å². The topological polar surface area (TPSA) is 50.7 Å². The van der Waals surface area contributed by atoms with E-state index in [-0.39, 0.29) is 16.8 Å². The monoisotopic (exact) mass is 255 g/mol. The van der Waals surface area contributed by atoms with Crippen molar-refractivity contribution in [1.29, 1.82) is 0 Å². The van der Waals surface area contributed by atoms with Crippen molar-refractivity contribution in [3.63, 3.8) is 0 Å². The average molecular weight is 256 g/mol. The number of benzene rings is 1. The summed E-state index contributed by atoms with van der Waals surface area (Å²) in [5, 5.41) is 13.7. The number of hydrogen-bond acceptors (Lipinski definition) is 4. The molecule has 2 aliphatic rings. The molecule has 0 radical (unpaired) electrons. The summed E-state index contributed by atoms with van der Waals surface area (Å²) < 4.78 is 10.9. The molecule has 0 bridgehead atoms. The Hall–Kier alpha value is -1.13. The number of nitrogens with one attached hydrogen (secondary N) is 1. The van der Waals surface area contributed by atoms with Gasteiger partial charge in [0.25, 0.3) is 0 Å². The minimum absolute atomic E-state index is 0.107. The molecule has 0 saturated carbocycles. The van der Waals surface area contributed by atoms with E-state index in [4.69, 9.17) is 21.1 Å². The van der Waals surface area contributed by atoms with Crippen LogP contribution >= 0.6 is 11.6 Å². The van der Waals surface area contributed by atoms with E-state index in [1.54, 1.807) is 0 Å². The number of halogens is 1. The van der Waals surface area contributed by atoms with E-state index in [9.17, 15) is 5.11 Å². The van der Waals surface area contributed by atoms with E-state index in [2.05, 4.69) is 5.32 Å². The first-order valence-electron chi connectivity index (χ1n) is 5.81. The smallest absolute Gasteiger partial charge is 0.183 e. The Morgan fingerprint density at radius 2 is 2.18 bits per heavy atom. The van der Waals surface area contributed by atoms with Crippen LogP contribution in [0, 0.1) is 0 Å². The third-order valence-electron chi connectivity index (χ3n) is 3.21. The van der Waals surface area contributed by atoms with Crippen LogP contribution in [0.4, 0.5) is 0 Å². The highest BCUT2D eigenvalue weighted by Gasteiger charge is 2.26. The summed E-state index contributed by atoms with van der Waals surface area (Å²) in [6.07, 6.45) is 2.11. The molecule has 2 heterocycles. The van der Waals surface area contributed by atoms with Crippen molar-refractivity contribution in [3.8, 4) is 17.2 Å². The zero-order valence-corrected chi connectivity index (χ0v) is 10.1. The lowest BCUT2D eigenvalue weighted by Gasteiger charge is -2.23. The molecule has 1 saturated heterocycles. The highest BCUT2D eigenvalue weighted by molar-refractivity contribution is 6.34. The number of phenols is 1. The van der Waals surface area contributed by atoms with Crippen LogP contribution in [-0.2, 0) is 0 Å². The third-order valence-corrected chi connectivity index (χ3v) is 3.56. The molecule has 1 aromatic rings. The lowest BCUT2D eigenvalue weighted by Crippen LogP contribution is -2.18. The van der Waals surface area contributed by atoms with Crippen LogP contribution in [0.5, 0.6) is 17.2 Å². The van der Waals surface area contributed by atoms with Gasteiger partial charge in [-0.3, -0.25) is 0 Å². The van der Waals surface area contributed by atoms with E-state index in [0.29, 0.717) is 24.7 Å². The molecule has 5 heteroatoms. The Kier molecular flexibility index (Phi) is 2.76. The van der Waals surface area contributed by atoms with Gasteiger partial charge in [0.05, 0.1) is 0 Å². The van der Waals surface area contributed by atoms with Crippen molar-refractivity contribution < 1.29 is 14.6 Å². The molecule has 1 aromatic carbocycles. The van der Waals surface area contributed by atoms with Gasteiger partial charge in [0.2, 0.25) is 0 Å². The zero-order valence-electron chi connectivity index (χ0n) is 9.33. The lowest BCUT2D eigenvalue weighted by atomic mass is 10.0. The second-order valence-corrected chi connectivity index (χ2v) is 4.68. The second kappa shape index (κ2) is 4.27. The minimum atomic E-state index is 0.107. The maximum Gasteiger partial charge on any atom is 0.183 e. The summed E-state index contributed by atoms with van der Waals surface area (Å²) in [7, 11) is 0. The van der Waals surface area contributed by atoms with Crippen LogP contribution in [0.3, 0.4) is 0 Å². The van der Waals surface area contributed by atoms with Gasteiger partial charge < -0.3 is 19.9 Å². The quantitative estimate of drug-likeness (QED) is 0.808. The first-order valence-corrected chi connectivity index (χ1v) is 6.19. The summed E-state index contributed by atoms with van der Waals surface area (Å²) in [6, 6.07) is 1.99. The molecule has 1 fully saturated rings. The Morgan fingerprint density at radius 3 is 2.94 bits per heavy atom. The van der Waals surface area contributed by atoms with Gasteiger partial charge in [-0.2, -0.15) is 0 Å². The lowest BCUT2D eigenvalue weighted by molar-refractivity contribution is 0.170. The second-order valence-electron chi connectivity index (χ2n) is 4.30. The van der Waals surface area contributed by atoms with Gasteiger partial charge in [0.1, 0.15) is 24.0 Å². The van der Waals surface area contributed by atoms with Gasteiger partial charge >= 0.3 is 0 Å². The molecule has 1 atom stereocenters. The number of phenolic OH excluding ortho intramolecular Hbond substituents is 1. The van der Waals surface area contributed by atoms with E-state index < -0.39 is 0 Å². The zero-order chi connectivity index (χ0) is 11.8. The molecule has 0 spiro atoms. The molecular formula is C12H14ClNO3. The summed E-state index contributed by atoms with van der Waals surface area (Å²) in [6.45, 7) is 1.95. The number of ether oxygens (including phenoxy) is 2. The molecule has 2 aliphatic heterocycles. The summed E-state index contributed by atoms with van der Waals surface area (Å²) in [5.74, 6) is 1.19. The van der Waals surface area contributed by atoms with Crippen LogP contribution in [0.25, 0.3) is 0 Å². The van der Waals surface area contributed by atoms with Gasteiger partial charge in [-0.1, -0.05) is 11.6 Å². The Morgan fingerprint density at radius 1 is 1.35 bits per heavy atom. The first-order chi connectivity index (χ1) is 8.27. The molecule has 4 nitrogen and oxygen atoms in total. The minimum Gasteiger partial charge on any atom is -0.506 e. The maximum absolute atomic E-state index is 10.1. The number of aromatic hydroxyl groups is 1. The fourth-order valence-electron chi connectivity index (χ4n) is 2.37. The Labute approximate surface area is 104 Å². The summed E-state index contributed by atoms with van der Waals surface area (Å²) in [5.41, 5.74) is 0.803. The van der Waals surface area contributed by atoms with E-state index in [1.165, 1.54) is 0 Å². The van der Waals surface area contributed by atoms with Crippen LogP contribution in [0.2, 0.25) is 5.02 Å². The number of hydrogen-bond donors (Lipinski definition) is 2. The SMILES string of the molecule is Oc1c(C2CCCN2)cc2c(c1Cl)OCCO2. The van der Waals surface area contributed by atoms with Crippen LogP contribution in [0.1, 0.15) is 24.4 Å². The molecular weight excluding hydrogens is 242 g/mol. The Balaban J connectivity index is 2.06. The van der Waals surface area contributed by atoms with Gasteiger partial charge in [-0.25, -0.2) is 0 Å². The average Bonchev–Trinajstić information content (AvgIpc) is 2.87. The van der Waals surface area contributed by atoms with Crippen LogP contribution in [-0.4, -0.2) is 24.9 Å². The molecule has 0 amide bonds. The van der Waals surface area contributed by atoms with Crippen molar-refractivity contribution in [1.82, 2.24) is 5.32 Å². The predicted molar refractivity (Wildman–Crippen MR) is 64.1 cm³/mol. The van der Waals surface area contributed by atoms with Gasteiger partial charge in [-0.15, -0.1) is 0 Å².